The van der Waals surface area contributed by atoms with Gasteiger partial charge >= 0.3 is 0 Å². The highest BCUT2D eigenvalue weighted by molar-refractivity contribution is 9.28. The molecule has 0 aromatic carbocycles. The van der Waals surface area contributed by atoms with E-state index < -0.39 is 0 Å². The van der Waals surface area contributed by atoms with Crippen LogP contribution < -0.4 is 0 Å². The van der Waals surface area contributed by atoms with Gasteiger partial charge in [-0.05, 0) is 37.9 Å². The molecule has 0 amide bonds. The molecule has 0 aliphatic carbocycles. The van der Waals surface area contributed by atoms with Crippen LogP contribution in [0.5, 0.6) is 0 Å². The van der Waals surface area contributed by atoms with Crippen molar-refractivity contribution in [2.75, 3.05) is 0 Å². The van der Waals surface area contributed by atoms with E-state index in [0.717, 1.165) is 3.39 Å². The fourth-order valence-electron chi connectivity index (χ4n) is 0.0952. The third-order valence-electron chi connectivity index (χ3n) is 0.252. The lowest BCUT2D eigenvalue weighted by molar-refractivity contribution is 1.69. The Kier molecular flexibility index (Phi) is 5.27. The molecule has 0 nitrogen and oxygen atoms in total. The van der Waals surface area contributed by atoms with E-state index in [1.54, 1.807) is 6.08 Å². The molecule has 0 heterocycles. The summed E-state index contributed by atoms with van der Waals surface area (Å²) in [5.41, 5.74) is 0. The lowest BCUT2D eigenvalue weighted by Gasteiger charge is -1.85. The van der Waals surface area contributed by atoms with Gasteiger partial charge in [-0.3, -0.25) is 0 Å². The van der Waals surface area contributed by atoms with Crippen molar-refractivity contribution >= 4 is 59.4 Å². The molecule has 0 fully saturated rings. The number of allylic oxidation sites excluding steroid dienone is 1. The molecule has 0 bridgehead atoms. The Labute approximate surface area is 72.7 Å². The molecule has 0 aliphatic heterocycles. The van der Waals surface area contributed by atoms with Crippen LogP contribution in [0.15, 0.2) is 9.47 Å². The molecule has 0 unspecified atom stereocenters. The Morgan fingerprint density at radius 3 is 2.00 bits per heavy atom. The number of halogens is 4. The van der Waals surface area contributed by atoms with E-state index in [9.17, 15) is 0 Å². The molecule has 4 heteroatoms. The summed E-state index contributed by atoms with van der Waals surface area (Å²) in [5, 5.41) is 0. The highest BCUT2D eigenvalue weighted by Crippen LogP contribution is 2.18. The summed E-state index contributed by atoms with van der Waals surface area (Å²) in [4.78, 5) is 0. The first kappa shape index (κ1) is 8.47. The third-order valence-corrected chi connectivity index (χ3v) is 1.17. The minimum Gasteiger partial charge on any atom is -0.106 e. The molecular formula is C3H2Br3Cl. The molecule has 7 heavy (non-hydrogen) atoms. The van der Waals surface area contributed by atoms with Crippen molar-refractivity contribution in [3.63, 3.8) is 0 Å². The average molecular weight is 313 g/mol. The van der Waals surface area contributed by atoms with Crippen LogP contribution in [0.3, 0.4) is 0 Å². The average Bonchev–Trinajstić information content (AvgIpc) is 1.27. The van der Waals surface area contributed by atoms with Crippen LogP contribution >= 0.6 is 59.4 Å². The summed E-state index contributed by atoms with van der Waals surface area (Å²) in [6.45, 7) is 0. The molecule has 42 valence electrons. The highest BCUT2D eigenvalue weighted by Gasteiger charge is 1.89. The summed E-state index contributed by atoms with van der Waals surface area (Å²) in [7, 11) is 0. The minimum atomic E-state index is -0.0961. The second kappa shape index (κ2) is 4.36. The van der Waals surface area contributed by atoms with Crippen LogP contribution in [-0.2, 0) is 0 Å². The van der Waals surface area contributed by atoms with Crippen LogP contribution in [0, 0.1) is 0 Å². The van der Waals surface area contributed by atoms with Gasteiger partial charge in [0, 0.05) is 0 Å². The van der Waals surface area contributed by atoms with Crippen LogP contribution in [-0.4, -0.2) is 4.29 Å². The molecule has 0 saturated heterocycles. The minimum absolute atomic E-state index is 0.0961. The van der Waals surface area contributed by atoms with E-state index >= 15 is 0 Å². The summed E-state index contributed by atoms with van der Waals surface area (Å²) in [5.74, 6) is 0. The van der Waals surface area contributed by atoms with E-state index in [4.69, 9.17) is 11.6 Å². The van der Waals surface area contributed by atoms with Gasteiger partial charge in [0.2, 0.25) is 0 Å². The first-order valence-corrected chi connectivity index (χ1v) is 4.37. The first-order valence-electron chi connectivity index (χ1n) is 1.44. The Balaban J connectivity index is 3.45. The lowest BCUT2D eigenvalue weighted by Crippen LogP contribution is -1.72. The molecule has 0 saturated carbocycles. The zero-order valence-electron chi connectivity index (χ0n) is 3.17. The van der Waals surface area contributed by atoms with Crippen molar-refractivity contribution in [3.05, 3.63) is 9.47 Å². The first-order chi connectivity index (χ1) is 3.13. The second-order valence-electron chi connectivity index (χ2n) is 0.791. The third kappa shape index (κ3) is 7.47. The predicted molar refractivity (Wildman–Crippen MR) is 44.5 cm³/mol. The van der Waals surface area contributed by atoms with E-state index in [2.05, 4.69) is 47.8 Å². The summed E-state index contributed by atoms with van der Waals surface area (Å²) < 4.78 is 0.762. The van der Waals surface area contributed by atoms with Crippen molar-refractivity contribution in [3.8, 4) is 0 Å². The van der Waals surface area contributed by atoms with Gasteiger partial charge in [0.05, 0.1) is 3.39 Å². The number of hydrogen-bond donors (Lipinski definition) is 0. The van der Waals surface area contributed by atoms with E-state index in [0.29, 0.717) is 0 Å². The van der Waals surface area contributed by atoms with Gasteiger partial charge in [0.1, 0.15) is 4.29 Å². The van der Waals surface area contributed by atoms with Gasteiger partial charge in [-0.15, -0.1) is 11.6 Å². The van der Waals surface area contributed by atoms with E-state index in [-0.39, 0.29) is 4.29 Å². The Morgan fingerprint density at radius 1 is 1.57 bits per heavy atom. The van der Waals surface area contributed by atoms with Gasteiger partial charge in [-0.2, -0.15) is 0 Å². The van der Waals surface area contributed by atoms with Crippen LogP contribution in [0.2, 0.25) is 0 Å². The molecule has 0 aromatic rings. The molecule has 0 aliphatic rings. The van der Waals surface area contributed by atoms with Crippen LogP contribution in [0.1, 0.15) is 0 Å². The largest absolute Gasteiger partial charge is 0.108 e. The molecular weight excluding hydrogens is 311 g/mol. The van der Waals surface area contributed by atoms with E-state index in [1.807, 2.05) is 0 Å². The van der Waals surface area contributed by atoms with Gasteiger partial charge in [-0.1, -0.05) is 15.9 Å². The van der Waals surface area contributed by atoms with Gasteiger partial charge < -0.3 is 0 Å². The van der Waals surface area contributed by atoms with Gasteiger partial charge in [-0.25, -0.2) is 0 Å². The molecule has 0 N–H and O–H groups in total. The smallest absolute Gasteiger partial charge is 0.106 e. The van der Waals surface area contributed by atoms with Crippen molar-refractivity contribution in [1.29, 1.82) is 0 Å². The van der Waals surface area contributed by atoms with Gasteiger partial charge in [0.15, 0.2) is 0 Å². The highest BCUT2D eigenvalue weighted by atomic mass is 79.9. The van der Waals surface area contributed by atoms with Crippen LogP contribution in [0.25, 0.3) is 0 Å². The Hall–Kier alpha value is 1.47. The SMILES string of the molecule is Cl[C@@H](Br)C=C(Br)Br. The number of alkyl halides is 2. The maximum Gasteiger partial charge on any atom is 0.108 e. The fourth-order valence-corrected chi connectivity index (χ4v) is 2.03. The molecule has 1 atom stereocenters. The number of rotatable bonds is 1. The topological polar surface area (TPSA) is 0 Å². The van der Waals surface area contributed by atoms with Crippen molar-refractivity contribution in [2.45, 2.75) is 4.29 Å². The lowest BCUT2D eigenvalue weighted by atomic mass is 10.8. The molecule has 0 radical (unpaired) electrons. The monoisotopic (exact) mass is 310 g/mol. The fraction of sp³-hybridized carbons (Fsp3) is 0.333. The maximum absolute atomic E-state index is 5.45. The van der Waals surface area contributed by atoms with E-state index in [1.165, 1.54) is 0 Å². The molecule has 0 rings (SSSR count). The maximum atomic E-state index is 5.45. The van der Waals surface area contributed by atoms with Crippen molar-refractivity contribution in [2.24, 2.45) is 0 Å². The normalized spacial score (nSPS) is 13.1. The van der Waals surface area contributed by atoms with Crippen LogP contribution in [0.4, 0.5) is 0 Å². The Morgan fingerprint density at radius 2 is 2.00 bits per heavy atom. The second-order valence-corrected chi connectivity index (χ2v) is 5.55. The zero-order valence-corrected chi connectivity index (χ0v) is 8.68. The number of hydrogen-bond acceptors (Lipinski definition) is 0. The zero-order chi connectivity index (χ0) is 5.86. The summed E-state index contributed by atoms with van der Waals surface area (Å²) >= 11 is 14.8. The predicted octanol–water partition coefficient (Wildman–Crippen LogP) is 3.58. The quantitative estimate of drug-likeness (QED) is 0.649. The van der Waals surface area contributed by atoms with Crippen molar-refractivity contribution < 1.29 is 0 Å². The Bertz CT molecular complexity index is 74.2. The van der Waals surface area contributed by atoms with Gasteiger partial charge in [0.25, 0.3) is 0 Å². The summed E-state index contributed by atoms with van der Waals surface area (Å²) in [6.07, 6.45) is 1.77. The molecule has 0 spiro atoms. The van der Waals surface area contributed by atoms with Crippen molar-refractivity contribution in [1.82, 2.24) is 0 Å². The summed E-state index contributed by atoms with van der Waals surface area (Å²) in [6, 6.07) is 0. The standard InChI is InChI=1S/C3H2Br3Cl/c4-2(5)1-3(6)7/h1,3H/t3-/m1/s1. The molecule has 0 aromatic heterocycles.